The van der Waals surface area contributed by atoms with Crippen LogP contribution in [0.3, 0.4) is 0 Å². The van der Waals surface area contributed by atoms with Gasteiger partial charge in [0.05, 0.1) is 6.61 Å². The molecule has 0 aromatic heterocycles. The highest BCUT2D eigenvalue weighted by molar-refractivity contribution is 6.01. The van der Waals surface area contributed by atoms with E-state index in [1.165, 1.54) is 0 Å². The van der Waals surface area contributed by atoms with Crippen molar-refractivity contribution in [1.29, 1.82) is 0 Å². The molecule has 4 rings (SSSR count). The first-order valence-corrected chi connectivity index (χ1v) is 12.3. The Balaban J connectivity index is 1.68. The van der Waals surface area contributed by atoms with E-state index in [1.807, 2.05) is 66.7 Å². The Morgan fingerprint density at radius 2 is 1.70 bits per heavy atom. The van der Waals surface area contributed by atoms with E-state index in [1.54, 1.807) is 25.2 Å². The minimum atomic E-state index is -1.23. The summed E-state index contributed by atoms with van der Waals surface area (Å²) in [6, 6.07) is 25.6. The molecule has 2 atom stereocenters. The number of aliphatic hydroxyl groups excluding tert-OH is 1. The lowest BCUT2D eigenvalue weighted by atomic mass is 9.84. The number of hydrazine groups is 1. The zero-order valence-electron chi connectivity index (χ0n) is 21.3. The highest BCUT2D eigenvalue weighted by atomic mass is 16.5. The number of ether oxygens (including phenoxy) is 2. The summed E-state index contributed by atoms with van der Waals surface area (Å²) in [5, 5.41) is 10.6. The summed E-state index contributed by atoms with van der Waals surface area (Å²) in [6.07, 6.45) is 1.91. The SMILES string of the molecule is C=CC[C@]1(C(=O)NN(C)C)N=C(c2ccc(OCCCO)cc2)O[C@H]1c1ccc(-c2ccccc2)cc1. The molecule has 0 aliphatic carbocycles. The molecule has 1 aliphatic rings. The van der Waals surface area contributed by atoms with Gasteiger partial charge in [0.15, 0.2) is 11.6 Å². The van der Waals surface area contributed by atoms with Crippen molar-refractivity contribution in [3.63, 3.8) is 0 Å². The highest BCUT2D eigenvalue weighted by Crippen LogP contribution is 2.43. The number of aliphatic hydroxyl groups is 1. The molecule has 1 aliphatic heterocycles. The third kappa shape index (κ3) is 5.90. The van der Waals surface area contributed by atoms with E-state index in [4.69, 9.17) is 19.6 Å². The van der Waals surface area contributed by atoms with Crippen molar-refractivity contribution >= 4 is 11.8 Å². The summed E-state index contributed by atoms with van der Waals surface area (Å²) >= 11 is 0. The number of amides is 1. The van der Waals surface area contributed by atoms with Crippen LogP contribution in [0.5, 0.6) is 5.75 Å². The Morgan fingerprint density at radius 3 is 2.32 bits per heavy atom. The van der Waals surface area contributed by atoms with Crippen molar-refractivity contribution in [2.24, 2.45) is 4.99 Å². The molecule has 2 N–H and O–H groups in total. The smallest absolute Gasteiger partial charge is 0.266 e. The lowest BCUT2D eigenvalue weighted by molar-refractivity contribution is -0.132. The van der Waals surface area contributed by atoms with Crippen LogP contribution in [0.2, 0.25) is 0 Å². The lowest BCUT2D eigenvalue weighted by Crippen LogP contribution is -2.52. The molecule has 1 heterocycles. The van der Waals surface area contributed by atoms with E-state index in [0.717, 1.165) is 22.3 Å². The Hall–Kier alpha value is -3.94. The normalized spacial score (nSPS) is 18.7. The number of carbonyl (C=O) groups excluding carboxylic acids is 1. The van der Waals surface area contributed by atoms with Gasteiger partial charge in [0, 0.05) is 39.1 Å². The minimum Gasteiger partial charge on any atom is -0.494 e. The van der Waals surface area contributed by atoms with Crippen molar-refractivity contribution in [2.45, 2.75) is 24.5 Å². The topological polar surface area (TPSA) is 83.4 Å². The van der Waals surface area contributed by atoms with E-state index in [2.05, 4.69) is 24.1 Å². The zero-order valence-corrected chi connectivity index (χ0v) is 21.3. The predicted molar refractivity (Wildman–Crippen MR) is 145 cm³/mol. The molecule has 0 bridgehead atoms. The van der Waals surface area contributed by atoms with E-state index in [9.17, 15) is 4.79 Å². The molecule has 0 unspecified atom stereocenters. The van der Waals surface area contributed by atoms with Crippen LogP contribution in [0.25, 0.3) is 11.1 Å². The maximum absolute atomic E-state index is 13.6. The van der Waals surface area contributed by atoms with Crippen LogP contribution in [0.4, 0.5) is 0 Å². The molecule has 7 nitrogen and oxygen atoms in total. The average molecular weight is 500 g/mol. The van der Waals surface area contributed by atoms with Crippen molar-refractivity contribution in [2.75, 3.05) is 27.3 Å². The van der Waals surface area contributed by atoms with Crippen LogP contribution in [-0.2, 0) is 9.53 Å². The third-order valence-corrected chi connectivity index (χ3v) is 6.13. The van der Waals surface area contributed by atoms with E-state index < -0.39 is 11.6 Å². The van der Waals surface area contributed by atoms with Crippen molar-refractivity contribution in [1.82, 2.24) is 10.4 Å². The molecule has 3 aromatic carbocycles. The fourth-order valence-corrected chi connectivity index (χ4v) is 4.32. The van der Waals surface area contributed by atoms with Gasteiger partial charge >= 0.3 is 0 Å². The third-order valence-electron chi connectivity index (χ3n) is 6.13. The summed E-state index contributed by atoms with van der Waals surface area (Å²) in [7, 11) is 3.53. The molecule has 0 fully saturated rings. The lowest BCUT2D eigenvalue weighted by Gasteiger charge is -2.30. The molecule has 0 radical (unpaired) electrons. The van der Waals surface area contributed by atoms with Crippen molar-refractivity contribution < 1.29 is 19.4 Å². The van der Waals surface area contributed by atoms with Crippen LogP contribution < -0.4 is 10.2 Å². The summed E-state index contributed by atoms with van der Waals surface area (Å²) in [4.78, 5) is 18.5. The highest BCUT2D eigenvalue weighted by Gasteiger charge is 2.52. The number of aliphatic imine (C=N–C) groups is 1. The quantitative estimate of drug-likeness (QED) is 0.230. The van der Waals surface area contributed by atoms with Gasteiger partial charge in [-0.1, -0.05) is 60.7 Å². The van der Waals surface area contributed by atoms with Crippen LogP contribution in [0.15, 0.2) is 96.5 Å². The minimum absolute atomic E-state index is 0.0802. The fraction of sp³-hybridized carbons (Fsp3) is 0.267. The van der Waals surface area contributed by atoms with Crippen LogP contribution in [0.1, 0.15) is 30.1 Å². The van der Waals surface area contributed by atoms with Gasteiger partial charge in [0.2, 0.25) is 5.90 Å². The van der Waals surface area contributed by atoms with Gasteiger partial charge in [-0.25, -0.2) is 10.0 Å². The number of benzene rings is 3. The molecule has 0 spiro atoms. The summed E-state index contributed by atoms with van der Waals surface area (Å²) in [5.74, 6) is 0.801. The Labute approximate surface area is 218 Å². The van der Waals surface area contributed by atoms with Crippen LogP contribution in [-0.4, -0.2) is 54.8 Å². The molecule has 192 valence electrons. The monoisotopic (exact) mass is 499 g/mol. The molecule has 37 heavy (non-hydrogen) atoms. The molecular weight excluding hydrogens is 466 g/mol. The van der Waals surface area contributed by atoms with Gasteiger partial charge in [-0.3, -0.25) is 10.2 Å². The van der Waals surface area contributed by atoms with Crippen molar-refractivity contribution in [3.8, 4) is 16.9 Å². The molecule has 0 saturated carbocycles. The first-order valence-electron chi connectivity index (χ1n) is 12.3. The van der Waals surface area contributed by atoms with E-state index in [-0.39, 0.29) is 12.5 Å². The second-order valence-electron chi connectivity index (χ2n) is 9.11. The first kappa shape index (κ1) is 26.1. The largest absolute Gasteiger partial charge is 0.494 e. The summed E-state index contributed by atoms with van der Waals surface area (Å²) in [5.41, 5.74) is 5.42. The van der Waals surface area contributed by atoms with Gasteiger partial charge in [-0.05, 0) is 41.0 Å². The molecule has 7 heteroatoms. The molecule has 3 aromatic rings. The maximum atomic E-state index is 13.6. The van der Waals surface area contributed by atoms with Crippen LogP contribution in [0, 0.1) is 0 Å². The van der Waals surface area contributed by atoms with Gasteiger partial charge in [0.1, 0.15) is 5.75 Å². The standard InChI is InChI=1S/C30H33N3O4/c1-4-19-30(29(35)32-33(2)3)27(24-13-11-23(12-14-24)22-9-6-5-7-10-22)37-28(31-30)25-15-17-26(18-16-25)36-21-8-20-34/h4-7,9-18,27,34H,1,8,19-21H2,2-3H3,(H,32,35)/t27-,30-/m0/s1. The van der Waals surface area contributed by atoms with Gasteiger partial charge < -0.3 is 14.6 Å². The fourth-order valence-electron chi connectivity index (χ4n) is 4.32. The van der Waals surface area contributed by atoms with Gasteiger partial charge in [-0.15, -0.1) is 6.58 Å². The number of rotatable bonds is 11. The Kier molecular flexibility index (Phi) is 8.38. The first-order chi connectivity index (χ1) is 18.0. The van der Waals surface area contributed by atoms with Gasteiger partial charge in [0.25, 0.3) is 5.91 Å². The van der Waals surface area contributed by atoms with Crippen LogP contribution >= 0.6 is 0 Å². The molecule has 1 amide bonds. The maximum Gasteiger partial charge on any atom is 0.266 e. The number of nitrogens with zero attached hydrogens (tertiary/aromatic N) is 2. The Morgan fingerprint density at radius 1 is 1.05 bits per heavy atom. The number of hydrogen-bond donors (Lipinski definition) is 2. The average Bonchev–Trinajstić information content (AvgIpc) is 3.30. The summed E-state index contributed by atoms with van der Waals surface area (Å²) < 4.78 is 12.1. The second kappa shape index (κ2) is 11.9. The van der Waals surface area contributed by atoms with Crippen molar-refractivity contribution in [3.05, 3.63) is 103 Å². The second-order valence-corrected chi connectivity index (χ2v) is 9.11. The molecule has 0 saturated heterocycles. The number of carbonyl (C=O) groups is 1. The Bertz CT molecular complexity index is 1220. The van der Waals surface area contributed by atoms with E-state index in [0.29, 0.717) is 31.1 Å². The zero-order chi connectivity index (χ0) is 26.3. The predicted octanol–water partition coefficient (Wildman–Crippen LogP) is 4.54. The van der Waals surface area contributed by atoms with Gasteiger partial charge in [-0.2, -0.15) is 0 Å². The molecular formula is C30H33N3O4. The van der Waals surface area contributed by atoms with E-state index >= 15 is 0 Å². The number of hydrogen-bond acceptors (Lipinski definition) is 6. The number of nitrogens with one attached hydrogen (secondary N) is 1. The summed E-state index contributed by atoms with van der Waals surface area (Å²) in [6.45, 7) is 4.42.